The Balaban J connectivity index is 1.69. The zero-order chi connectivity index (χ0) is 23.4. The van der Waals surface area contributed by atoms with Crippen molar-refractivity contribution in [3.8, 4) is 22.8 Å². The van der Waals surface area contributed by atoms with Crippen LogP contribution < -0.4 is 15.2 Å². The van der Waals surface area contributed by atoms with Crippen LogP contribution >= 0.6 is 0 Å². The van der Waals surface area contributed by atoms with Gasteiger partial charge >= 0.3 is 6.61 Å². The van der Waals surface area contributed by atoms with Gasteiger partial charge in [0, 0.05) is 24.3 Å². The van der Waals surface area contributed by atoms with Crippen molar-refractivity contribution in [2.45, 2.75) is 45.7 Å². The van der Waals surface area contributed by atoms with Crippen molar-refractivity contribution in [3.63, 3.8) is 0 Å². The van der Waals surface area contributed by atoms with Crippen molar-refractivity contribution >= 4 is 22.9 Å². The summed E-state index contributed by atoms with van der Waals surface area (Å²) in [4.78, 5) is 23.1. The van der Waals surface area contributed by atoms with Crippen LogP contribution in [0.3, 0.4) is 0 Å². The quantitative estimate of drug-likeness (QED) is 0.558. The number of fused-ring (bicyclic) bond motifs is 2. The zero-order valence-electron chi connectivity index (χ0n) is 18.1. The second-order valence-corrected chi connectivity index (χ2v) is 8.34. The molecular formula is C22H23F2N5O4. The van der Waals surface area contributed by atoms with Gasteiger partial charge in [0.05, 0.1) is 18.1 Å². The molecule has 1 aliphatic carbocycles. The fraction of sp³-hybridized carbons (Fsp3) is 0.409. The Labute approximate surface area is 187 Å². The van der Waals surface area contributed by atoms with Gasteiger partial charge < -0.3 is 29.8 Å². The highest BCUT2D eigenvalue weighted by Crippen LogP contribution is 2.44. The minimum absolute atomic E-state index is 0.0144. The van der Waals surface area contributed by atoms with Crippen LogP contribution in [0.2, 0.25) is 0 Å². The summed E-state index contributed by atoms with van der Waals surface area (Å²) in [6, 6.07) is 3.19. The molecule has 3 aromatic rings. The van der Waals surface area contributed by atoms with Gasteiger partial charge in [0.25, 0.3) is 5.91 Å². The van der Waals surface area contributed by atoms with E-state index in [1.54, 1.807) is 17.2 Å². The van der Waals surface area contributed by atoms with Gasteiger partial charge in [0.1, 0.15) is 12.5 Å². The van der Waals surface area contributed by atoms with E-state index in [0.717, 1.165) is 12.8 Å². The van der Waals surface area contributed by atoms with Crippen LogP contribution in [0, 0.1) is 5.92 Å². The molecule has 0 radical (unpaired) electrons. The molecule has 1 saturated carbocycles. The lowest BCUT2D eigenvalue weighted by Crippen LogP contribution is -2.34. The standard InChI is InChI=1S/C22H23F2N5O4/c1-10(11-3-4-11)29-7-13-5-12(6-15(33-21(23)24)16(13)20(29)31)14-8-28(9-30)18-17(14)19(32-2)27-22(25)26-18/h5-6,8,10-11,21,30H,3-4,7,9H2,1-2H3,(H2,25,26,27)/t10-/m0/s1. The number of aliphatic hydroxyl groups is 1. The molecule has 2 aliphatic rings. The first-order chi connectivity index (χ1) is 15.8. The van der Waals surface area contributed by atoms with E-state index in [4.69, 9.17) is 15.2 Å². The average Bonchev–Trinajstić information content (AvgIpc) is 3.48. The Hall–Kier alpha value is -3.47. The molecule has 3 N–H and O–H groups in total. The number of alkyl halides is 2. The summed E-state index contributed by atoms with van der Waals surface area (Å²) in [6.45, 7) is -1.20. The van der Waals surface area contributed by atoms with E-state index in [1.807, 2.05) is 6.92 Å². The molecule has 11 heteroatoms. The van der Waals surface area contributed by atoms with E-state index in [2.05, 4.69) is 9.97 Å². The molecule has 1 aromatic carbocycles. The summed E-state index contributed by atoms with van der Waals surface area (Å²) < 4.78 is 38.2. The predicted molar refractivity (Wildman–Crippen MR) is 115 cm³/mol. The first-order valence-electron chi connectivity index (χ1n) is 10.6. The lowest BCUT2D eigenvalue weighted by molar-refractivity contribution is -0.0501. The Kier molecular flexibility index (Phi) is 5.08. The predicted octanol–water partition coefficient (Wildman–Crippen LogP) is 2.99. The molecule has 1 fully saturated rings. The first-order valence-corrected chi connectivity index (χ1v) is 10.6. The minimum atomic E-state index is -3.09. The summed E-state index contributed by atoms with van der Waals surface area (Å²) >= 11 is 0. The third-order valence-electron chi connectivity index (χ3n) is 6.37. The second-order valence-electron chi connectivity index (χ2n) is 8.34. The third kappa shape index (κ3) is 3.52. The van der Waals surface area contributed by atoms with Gasteiger partial charge in [0.15, 0.2) is 5.65 Å². The Morgan fingerprint density at radius 1 is 1.30 bits per heavy atom. The summed E-state index contributed by atoms with van der Waals surface area (Å²) in [5.74, 6) is 0.0733. The molecule has 1 atom stereocenters. The summed E-state index contributed by atoms with van der Waals surface area (Å²) in [5, 5.41) is 10.3. The number of carbonyl (C=O) groups is 1. The van der Waals surface area contributed by atoms with Crippen molar-refractivity contribution < 1.29 is 28.2 Å². The van der Waals surface area contributed by atoms with Crippen LogP contribution in [0.1, 0.15) is 35.7 Å². The van der Waals surface area contributed by atoms with Crippen LogP contribution in [-0.4, -0.2) is 50.2 Å². The Morgan fingerprint density at radius 2 is 2.06 bits per heavy atom. The molecule has 0 spiro atoms. The van der Waals surface area contributed by atoms with Crippen molar-refractivity contribution in [1.29, 1.82) is 0 Å². The Bertz CT molecular complexity index is 1260. The molecule has 5 rings (SSSR count). The maximum atomic E-state index is 13.3. The number of aliphatic hydroxyl groups excluding tert-OH is 1. The fourth-order valence-corrected chi connectivity index (χ4v) is 4.59. The highest BCUT2D eigenvalue weighted by molar-refractivity contribution is 6.04. The number of nitrogens with two attached hydrogens (primary N) is 1. The average molecular weight is 459 g/mol. The number of methoxy groups -OCH3 is 1. The van der Waals surface area contributed by atoms with E-state index in [-0.39, 0.29) is 35.1 Å². The van der Waals surface area contributed by atoms with Gasteiger partial charge in [-0.3, -0.25) is 4.79 Å². The van der Waals surface area contributed by atoms with Gasteiger partial charge in [-0.05, 0) is 48.9 Å². The molecule has 2 aromatic heterocycles. The second kappa shape index (κ2) is 7.84. The number of nitrogens with zero attached hydrogens (tertiary/aromatic N) is 4. The smallest absolute Gasteiger partial charge is 0.387 e. The summed E-state index contributed by atoms with van der Waals surface area (Å²) in [7, 11) is 1.42. The number of rotatable bonds is 7. The fourth-order valence-electron chi connectivity index (χ4n) is 4.59. The van der Waals surface area contributed by atoms with Crippen LogP contribution in [0.5, 0.6) is 11.6 Å². The Morgan fingerprint density at radius 3 is 2.70 bits per heavy atom. The topological polar surface area (TPSA) is 116 Å². The van der Waals surface area contributed by atoms with E-state index in [9.17, 15) is 18.7 Å². The molecule has 0 saturated heterocycles. The molecule has 174 valence electrons. The maximum absolute atomic E-state index is 13.3. The number of carbonyl (C=O) groups excluding carboxylic acids is 1. The number of anilines is 1. The number of ether oxygens (including phenoxy) is 2. The molecule has 1 aliphatic heterocycles. The molecule has 1 amide bonds. The highest BCUT2D eigenvalue weighted by atomic mass is 19.3. The van der Waals surface area contributed by atoms with Crippen LogP contribution in [0.4, 0.5) is 14.7 Å². The number of hydrogen-bond acceptors (Lipinski definition) is 7. The monoisotopic (exact) mass is 459 g/mol. The molecule has 0 bridgehead atoms. The lowest BCUT2D eigenvalue weighted by Gasteiger charge is -2.24. The lowest BCUT2D eigenvalue weighted by atomic mass is 9.99. The largest absolute Gasteiger partial charge is 0.480 e. The van der Waals surface area contributed by atoms with Crippen molar-refractivity contribution in [3.05, 3.63) is 29.5 Å². The summed E-state index contributed by atoms with van der Waals surface area (Å²) in [6.07, 6.45) is 3.71. The van der Waals surface area contributed by atoms with E-state index in [1.165, 1.54) is 17.7 Å². The van der Waals surface area contributed by atoms with E-state index >= 15 is 0 Å². The van der Waals surface area contributed by atoms with Crippen LogP contribution in [0.25, 0.3) is 22.2 Å². The molecule has 33 heavy (non-hydrogen) atoms. The number of nitrogen functional groups attached to an aromatic ring is 1. The zero-order valence-corrected chi connectivity index (χ0v) is 18.1. The maximum Gasteiger partial charge on any atom is 0.387 e. The van der Waals surface area contributed by atoms with E-state index in [0.29, 0.717) is 40.2 Å². The number of benzene rings is 1. The SMILES string of the molecule is COc1nc(N)nc2c1c(-c1cc3c(c(OC(F)F)c1)C(=O)N([C@@H](C)C1CC1)C3)cn2CO. The number of aromatic nitrogens is 3. The van der Waals surface area contributed by atoms with Crippen molar-refractivity contribution in [2.75, 3.05) is 12.8 Å². The normalized spacial score (nSPS) is 16.5. The van der Waals surface area contributed by atoms with Gasteiger partial charge in [-0.15, -0.1) is 0 Å². The van der Waals surface area contributed by atoms with Gasteiger partial charge in [-0.2, -0.15) is 18.7 Å². The molecule has 3 heterocycles. The molecular weight excluding hydrogens is 436 g/mol. The molecule has 9 nitrogen and oxygen atoms in total. The van der Waals surface area contributed by atoms with Crippen molar-refractivity contribution in [2.24, 2.45) is 5.92 Å². The van der Waals surface area contributed by atoms with E-state index < -0.39 is 13.3 Å². The van der Waals surface area contributed by atoms with Crippen molar-refractivity contribution in [1.82, 2.24) is 19.4 Å². The first kappa shape index (κ1) is 21.4. The van der Waals surface area contributed by atoms with Gasteiger partial charge in [0.2, 0.25) is 11.8 Å². The van der Waals surface area contributed by atoms with Crippen LogP contribution in [-0.2, 0) is 13.3 Å². The number of amides is 1. The number of halogens is 2. The van der Waals surface area contributed by atoms with Crippen LogP contribution in [0.15, 0.2) is 18.3 Å². The minimum Gasteiger partial charge on any atom is -0.480 e. The number of hydrogen-bond donors (Lipinski definition) is 2. The third-order valence-corrected chi connectivity index (χ3v) is 6.37. The van der Waals surface area contributed by atoms with Gasteiger partial charge in [-0.1, -0.05) is 0 Å². The van der Waals surface area contributed by atoms with Gasteiger partial charge in [-0.25, -0.2) is 0 Å². The highest BCUT2D eigenvalue weighted by Gasteiger charge is 2.40. The molecule has 0 unspecified atom stereocenters. The summed E-state index contributed by atoms with van der Waals surface area (Å²) in [5.41, 5.74) is 7.88.